The third kappa shape index (κ3) is 14.2. The molecule has 3 aromatic carbocycles. The summed E-state index contributed by atoms with van der Waals surface area (Å²) >= 11 is 12.7. The van der Waals surface area contributed by atoms with Gasteiger partial charge in [0.25, 0.3) is 5.91 Å². The van der Waals surface area contributed by atoms with Crippen molar-refractivity contribution in [3.63, 3.8) is 0 Å². The molecule has 0 bridgehead atoms. The molecule has 1 fully saturated rings. The number of phenolic OH excluding ortho intramolecular Hbond substituents is 2. The largest absolute Gasteiger partial charge is 0.508 e. The molecule has 6 N–H and O–H groups in total. The lowest BCUT2D eigenvalue weighted by Gasteiger charge is -2.31. The number of pyridine rings is 1. The number of likely N-dealkylation sites (tertiary alicyclic amines) is 1. The number of carbonyl (C=O) groups excluding carboxylic acids is 3. The van der Waals surface area contributed by atoms with Crippen LogP contribution in [0.25, 0.3) is 40.1 Å². The summed E-state index contributed by atoms with van der Waals surface area (Å²) in [6.07, 6.45) is 11.1. The lowest BCUT2D eigenvalue weighted by molar-refractivity contribution is -0.126. The van der Waals surface area contributed by atoms with E-state index in [1.54, 1.807) is 43.1 Å². The van der Waals surface area contributed by atoms with Gasteiger partial charge in [0.1, 0.15) is 30.0 Å². The van der Waals surface area contributed by atoms with Crippen molar-refractivity contribution in [1.29, 1.82) is 0 Å². The van der Waals surface area contributed by atoms with Crippen LogP contribution in [0.2, 0.25) is 10.0 Å². The van der Waals surface area contributed by atoms with Gasteiger partial charge in [-0.1, -0.05) is 70.8 Å². The Kier molecular flexibility index (Phi) is 19.2. The summed E-state index contributed by atoms with van der Waals surface area (Å²) in [5.74, 6) is 1.80. The standard InChI is InChI=1S/C53H60Cl2N12O7S2/c1-5-57-52(71)50-64-63-49(41-25-39(32(2)3)46(68)26-47(41)69)67(50)37-9-6-34(7-10-37)30-65-18-14-36(15-19-65)51(70)58-16-22-75-76-23-17-59-53(72)73-21-20-66-31-35(27-60-66)8-12-44-40-24-38(11-13-45(40)62-61-44)74-33(4)48-42(54)28-56-29-43(48)55/h6-13,24-29,31-33,36,68-69H,5,14-23,30H2,1-4H3,(H,57,71)(H,58,70)(H,59,72)(H,61,62)/b12-8+/t33-/m0/s1. The van der Waals surface area contributed by atoms with E-state index < -0.39 is 18.1 Å². The first kappa shape index (κ1) is 55.5. The minimum atomic E-state index is -0.496. The van der Waals surface area contributed by atoms with E-state index >= 15 is 0 Å². The molecular formula is C53H60Cl2N12O7S2. The molecule has 19 nitrogen and oxygen atoms in total. The second kappa shape index (κ2) is 26.3. The highest BCUT2D eigenvalue weighted by Crippen LogP contribution is 2.39. The molecule has 400 valence electrons. The molecule has 0 saturated carbocycles. The van der Waals surface area contributed by atoms with E-state index in [0.29, 0.717) is 76.6 Å². The first-order chi connectivity index (χ1) is 36.8. The maximum atomic E-state index is 13.1. The number of benzene rings is 3. The Morgan fingerprint density at radius 2 is 1.63 bits per heavy atom. The van der Waals surface area contributed by atoms with Gasteiger partial charge in [0.05, 0.1) is 39.6 Å². The molecule has 0 unspecified atom stereocenters. The molecule has 3 amide bonds. The highest BCUT2D eigenvalue weighted by molar-refractivity contribution is 8.76. The molecule has 0 aliphatic carbocycles. The van der Waals surface area contributed by atoms with Crippen LogP contribution in [-0.2, 0) is 22.6 Å². The average Bonchev–Trinajstić information content (AvgIpc) is 4.16. The number of aromatic nitrogens is 8. The van der Waals surface area contributed by atoms with Gasteiger partial charge in [0.15, 0.2) is 5.82 Å². The van der Waals surface area contributed by atoms with Gasteiger partial charge in [0, 0.05) is 90.5 Å². The summed E-state index contributed by atoms with van der Waals surface area (Å²) in [6.45, 7) is 11.8. The van der Waals surface area contributed by atoms with E-state index in [1.807, 2.05) is 88.5 Å². The van der Waals surface area contributed by atoms with Crippen LogP contribution in [-0.4, -0.2) is 124 Å². The van der Waals surface area contributed by atoms with Crippen molar-refractivity contribution in [1.82, 2.24) is 60.6 Å². The number of phenols is 2. The summed E-state index contributed by atoms with van der Waals surface area (Å²) in [6, 6.07) is 16.4. The second-order valence-electron chi connectivity index (χ2n) is 18.3. The fourth-order valence-electron chi connectivity index (χ4n) is 8.69. The number of nitrogens with zero attached hydrogens (tertiary/aromatic N) is 8. The second-order valence-corrected chi connectivity index (χ2v) is 21.8. The molecule has 0 radical (unpaired) electrons. The van der Waals surface area contributed by atoms with Crippen molar-refractivity contribution in [3.05, 3.63) is 123 Å². The van der Waals surface area contributed by atoms with E-state index in [-0.39, 0.29) is 47.5 Å². The van der Waals surface area contributed by atoms with E-state index in [2.05, 4.69) is 51.3 Å². The Bertz CT molecular complexity index is 3140. The summed E-state index contributed by atoms with van der Waals surface area (Å²) in [5.41, 5.74) is 5.78. The molecule has 1 aliphatic rings. The van der Waals surface area contributed by atoms with E-state index in [4.69, 9.17) is 32.7 Å². The van der Waals surface area contributed by atoms with Crippen molar-refractivity contribution in [3.8, 4) is 34.3 Å². The van der Waals surface area contributed by atoms with Crippen LogP contribution < -0.4 is 20.7 Å². The van der Waals surface area contributed by atoms with Crippen LogP contribution in [0, 0.1) is 5.92 Å². The molecule has 4 aromatic heterocycles. The third-order valence-corrected chi connectivity index (χ3v) is 15.6. The number of fused-ring (bicyclic) bond motifs is 1. The average molecular weight is 1110 g/mol. The minimum absolute atomic E-state index is 0.0206. The van der Waals surface area contributed by atoms with Crippen molar-refractivity contribution in [2.24, 2.45) is 5.92 Å². The number of nitrogens with one attached hydrogen (secondary N) is 4. The number of aromatic amines is 1. The molecule has 76 heavy (non-hydrogen) atoms. The number of halogens is 2. The van der Waals surface area contributed by atoms with Crippen LogP contribution in [0.5, 0.6) is 17.2 Å². The predicted octanol–water partition coefficient (Wildman–Crippen LogP) is 9.44. The number of carbonyl (C=O) groups is 3. The zero-order chi connectivity index (χ0) is 53.7. The van der Waals surface area contributed by atoms with Gasteiger partial charge in [-0.2, -0.15) is 10.2 Å². The molecule has 7 aromatic rings. The Morgan fingerprint density at radius 3 is 2.36 bits per heavy atom. The van der Waals surface area contributed by atoms with Crippen molar-refractivity contribution in [2.75, 3.05) is 50.8 Å². The number of rotatable bonds is 23. The number of amides is 3. The topological polar surface area (TPSA) is 240 Å². The van der Waals surface area contributed by atoms with E-state index in [0.717, 1.165) is 59.4 Å². The monoisotopic (exact) mass is 1110 g/mol. The Hall–Kier alpha value is -6.78. The van der Waals surface area contributed by atoms with Gasteiger partial charge >= 0.3 is 6.09 Å². The maximum Gasteiger partial charge on any atom is 0.407 e. The predicted molar refractivity (Wildman–Crippen MR) is 298 cm³/mol. The summed E-state index contributed by atoms with van der Waals surface area (Å²) in [4.78, 5) is 44.8. The SMILES string of the molecule is CCNC(=O)c1nnc(-c2cc(C(C)C)c(O)cc2O)n1-c1ccc(CN2CCC(C(=O)NCCSSCCNC(=O)OCCn3cc(/C=C/c4n[nH]c5ccc(O[C@@H](C)c6c(Cl)cncc6Cl)cc45)cn3)CC2)cc1. The van der Waals surface area contributed by atoms with Gasteiger partial charge < -0.3 is 35.6 Å². The zero-order valence-electron chi connectivity index (χ0n) is 42.5. The molecule has 0 spiro atoms. The lowest BCUT2D eigenvalue weighted by atomic mass is 9.95. The van der Waals surface area contributed by atoms with Gasteiger partial charge in [-0.05, 0) is 105 Å². The van der Waals surface area contributed by atoms with Crippen LogP contribution in [0.1, 0.15) is 91.1 Å². The number of hydrogen-bond donors (Lipinski definition) is 6. The number of ether oxygens (including phenoxy) is 2. The van der Waals surface area contributed by atoms with Crippen LogP contribution in [0.15, 0.2) is 79.4 Å². The molecule has 23 heteroatoms. The molecule has 1 saturated heterocycles. The summed E-state index contributed by atoms with van der Waals surface area (Å²) < 4.78 is 14.9. The van der Waals surface area contributed by atoms with Gasteiger partial charge in [0.2, 0.25) is 11.7 Å². The van der Waals surface area contributed by atoms with E-state index in [9.17, 15) is 24.6 Å². The molecular weight excluding hydrogens is 1050 g/mol. The Labute approximate surface area is 457 Å². The highest BCUT2D eigenvalue weighted by atomic mass is 35.5. The van der Waals surface area contributed by atoms with Crippen LogP contribution >= 0.6 is 44.8 Å². The Balaban J connectivity index is 0.688. The van der Waals surface area contributed by atoms with E-state index in [1.165, 1.54) is 18.5 Å². The smallest absolute Gasteiger partial charge is 0.407 e. The van der Waals surface area contributed by atoms with Gasteiger partial charge in [-0.15, -0.1) is 10.2 Å². The summed E-state index contributed by atoms with van der Waals surface area (Å²) in [7, 11) is 3.26. The summed E-state index contributed by atoms with van der Waals surface area (Å²) in [5, 5.41) is 52.1. The van der Waals surface area contributed by atoms with Crippen molar-refractivity contribution >= 4 is 85.8 Å². The number of aromatic hydroxyl groups is 2. The lowest BCUT2D eigenvalue weighted by Crippen LogP contribution is -2.40. The Morgan fingerprint density at radius 1 is 0.895 bits per heavy atom. The quantitative estimate of drug-likeness (QED) is 0.0258. The van der Waals surface area contributed by atoms with Gasteiger partial charge in [-0.25, -0.2) is 4.79 Å². The van der Waals surface area contributed by atoms with Crippen molar-refractivity contribution < 1.29 is 34.1 Å². The zero-order valence-corrected chi connectivity index (χ0v) is 45.6. The minimum Gasteiger partial charge on any atom is -0.508 e. The van der Waals surface area contributed by atoms with Crippen LogP contribution in [0.3, 0.4) is 0 Å². The normalized spacial score (nSPS) is 13.6. The number of H-pyrrole nitrogens is 1. The fourth-order valence-corrected chi connectivity index (χ4v) is 11.2. The van der Waals surface area contributed by atoms with Crippen LogP contribution in [0.4, 0.5) is 4.79 Å². The van der Waals surface area contributed by atoms with Gasteiger partial charge in [-0.3, -0.25) is 33.8 Å². The first-order valence-electron chi connectivity index (χ1n) is 24.9. The highest BCUT2D eigenvalue weighted by Gasteiger charge is 2.27. The fraction of sp³-hybridized carbons (Fsp3) is 0.358. The third-order valence-electron chi connectivity index (χ3n) is 12.6. The molecule has 5 heterocycles. The number of alkyl carbamates (subject to hydrolysis) is 1. The number of piperidine rings is 1. The molecule has 1 atom stereocenters. The molecule has 1 aliphatic heterocycles. The maximum absolute atomic E-state index is 13.1. The van der Waals surface area contributed by atoms with Crippen molar-refractivity contribution in [2.45, 2.75) is 65.6 Å². The molecule has 8 rings (SSSR count). The number of hydrogen-bond acceptors (Lipinski definition) is 15. The first-order valence-corrected chi connectivity index (χ1v) is 28.2.